The SMILES string of the molecule is C[Si](C)(C)Cc1c(C[Si](C)(C)C)c(C[Si](C)(C)C)c(C[Si](C)(C)C)c(C[Si](C)(C)C)c1C[Si](C)(C)C. The third kappa shape index (κ3) is 13.0. The van der Waals surface area contributed by atoms with E-state index in [-0.39, 0.29) is 0 Å². The first kappa shape index (κ1) is 34.5. The van der Waals surface area contributed by atoms with Crippen LogP contribution in [0, 0.1) is 0 Å². The molecule has 0 saturated carbocycles. The van der Waals surface area contributed by atoms with Crippen LogP contribution in [0.5, 0.6) is 0 Å². The summed E-state index contributed by atoms with van der Waals surface area (Å²) in [7, 11) is -7.66. The Morgan fingerprint density at radius 3 is 0.361 bits per heavy atom. The van der Waals surface area contributed by atoms with Gasteiger partial charge in [0, 0.05) is 48.4 Å². The summed E-state index contributed by atoms with van der Waals surface area (Å²) in [6.45, 7) is 47.2. The maximum atomic E-state index is 2.62. The van der Waals surface area contributed by atoms with Gasteiger partial charge in [0.25, 0.3) is 0 Å². The summed E-state index contributed by atoms with van der Waals surface area (Å²) >= 11 is 0. The van der Waals surface area contributed by atoms with Crippen molar-refractivity contribution in [3.63, 3.8) is 0 Å². The van der Waals surface area contributed by atoms with Crippen LogP contribution in [-0.4, -0.2) is 48.4 Å². The van der Waals surface area contributed by atoms with Gasteiger partial charge in [-0.05, 0) is 69.6 Å². The van der Waals surface area contributed by atoms with E-state index in [9.17, 15) is 0 Å². The fourth-order valence-electron chi connectivity index (χ4n) is 5.56. The van der Waals surface area contributed by atoms with Gasteiger partial charge < -0.3 is 0 Å². The van der Waals surface area contributed by atoms with Crippen molar-refractivity contribution in [3.05, 3.63) is 33.4 Å². The lowest BCUT2D eigenvalue weighted by atomic mass is 9.89. The zero-order valence-electron chi connectivity index (χ0n) is 28.2. The van der Waals surface area contributed by atoms with Crippen molar-refractivity contribution >= 4 is 48.4 Å². The third-order valence-corrected chi connectivity index (χ3v) is 14.9. The van der Waals surface area contributed by atoms with E-state index >= 15 is 0 Å². The summed E-state index contributed by atoms with van der Waals surface area (Å²) in [5, 5.41) is 0. The molecular formula is C30H66Si6. The molecule has 0 unspecified atom stereocenters. The van der Waals surface area contributed by atoms with Gasteiger partial charge in [0.05, 0.1) is 0 Å². The van der Waals surface area contributed by atoms with Crippen molar-refractivity contribution in [1.29, 1.82) is 0 Å². The monoisotopic (exact) mass is 594 g/mol. The highest BCUT2D eigenvalue weighted by Gasteiger charge is 2.35. The normalized spacial score (nSPS) is 14.5. The minimum absolute atomic E-state index is 1.28. The van der Waals surface area contributed by atoms with Gasteiger partial charge >= 0.3 is 0 Å². The molecule has 6 heteroatoms. The minimum Gasteiger partial charge on any atom is -0.0693 e. The number of benzene rings is 1. The van der Waals surface area contributed by atoms with Crippen molar-refractivity contribution < 1.29 is 0 Å². The Hall–Kier alpha value is 0.521. The fourth-order valence-corrected chi connectivity index (χ4v) is 14.5. The minimum atomic E-state index is -1.28. The Labute approximate surface area is 234 Å². The molecule has 0 radical (unpaired) electrons. The zero-order chi connectivity index (χ0) is 28.7. The van der Waals surface area contributed by atoms with Crippen molar-refractivity contribution in [2.45, 2.75) is 154 Å². The molecule has 0 saturated heterocycles. The Bertz CT molecular complexity index is 675. The molecule has 210 valence electrons. The van der Waals surface area contributed by atoms with Crippen LogP contribution in [-0.2, 0) is 36.3 Å². The maximum absolute atomic E-state index is 2.62. The smallest absolute Gasteiger partial charge is 0.0487 e. The molecule has 0 N–H and O–H groups in total. The van der Waals surface area contributed by atoms with Gasteiger partial charge in [0.1, 0.15) is 0 Å². The van der Waals surface area contributed by atoms with Crippen molar-refractivity contribution in [1.82, 2.24) is 0 Å². The summed E-state index contributed by atoms with van der Waals surface area (Å²) in [5.41, 5.74) is 11.3. The summed E-state index contributed by atoms with van der Waals surface area (Å²) in [4.78, 5) is 0. The van der Waals surface area contributed by atoms with Crippen LogP contribution in [0.15, 0.2) is 0 Å². The van der Waals surface area contributed by atoms with Crippen LogP contribution in [0.1, 0.15) is 33.4 Å². The largest absolute Gasteiger partial charge is 0.0693 e. The summed E-state index contributed by atoms with van der Waals surface area (Å²) < 4.78 is 0. The van der Waals surface area contributed by atoms with E-state index in [0.717, 1.165) is 0 Å². The van der Waals surface area contributed by atoms with Crippen LogP contribution in [0.2, 0.25) is 118 Å². The summed E-state index contributed by atoms with van der Waals surface area (Å²) in [5.74, 6) is 0. The quantitative estimate of drug-likeness (QED) is 0.211. The molecular weight excluding hydrogens is 529 g/mol. The van der Waals surface area contributed by atoms with E-state index in [1.165, 1.54) is 36.3 Å². The molecule has 0 amide bonds. The standard InChI is InChI=1S/C30H66Si6/c1-31(2,3)19-25-26(20-32(4,5)6)28(22-34(10,11)12)30(24-36(16,17)18)29(23-35(13,14)15)27(25)21-33(7,8)9/h19-24H2,1-18H3. The van der Waals surface area contributed by atoms with E-state index in [1.54, 1.807) is 0 Å². The predicted molar refractivity (Wildman–Crippen MR) is 189 cm³/mol. The summed E-state index contributed by atoms with van der Waals surface area (Å²) in [6.07, 6.45) is 0. The van der Waals surface area contributed by atoms with Crippen LogP contribution >= 0.6 is 0 Å². The second kappa shape index (κ2) is 11.6. The Morgan fingerprint density at radius 1 is 0.222 bits per heavy atom. The predicted octanol–water partition coefficient (Wildman–Crippen LogP) is 10.2. The number of hydrogen-bond acceptors (Lipinski definition) is 0. The Kier molecular flexibility index (Phi) is 11.1. The fraction of sp³-hybridized carbons (Fsp3) is 0.800. The van der Waals surface area contributed by atoms with Crippen LogP contribution < -0.4 is 0 Å². The van der Waals surface area contributed by atoms with Gasteiger partial charge in [-0.3, -0.25) is 0 Å². The van der Waals surface area contributed by atoms with E-state index in [2.05, 4.69) is 118 Å². The van der Waals surface area contributed by atoms with Gasteiger partial charge in [-0.25, -0.2) is 0 Å². The molecule has 1 aromatic rings. The zero-order valence-corrected chi connectivity index (χ0v) is 34.2. The van der Waals surface area contributed by atoms with Crippen molar-refractivity contribution in [2.24, 2.45) is 0 Å². The van der Waals surface area contributed by atoms with Crippen LogP contribution in [0.25, 0.3) is 0 Å². The first-order valence-corrected chi connectivity index (χ1v) is 37.0. The lowest BCUT2D eigenvalue weighted by molar-refractivity contribution is 1.01. The van der Waals surface area contributed by atoms with E-state index in [4.69, 9.17) is 0 Å². The van der Waals surface area contributed by atoms with Gasteiger partial charge in [-0.1, -0.05) is 118 Å². The molecule has 1 rings (SSSR count). The molecule has 0 aromatic heterocycles. The molecule has 0 nitrogen and oxygen atoms in total. The molecule has 0 spiro atoms. The topological polar surface area (TPSA) is 0 Å². The highest BCUT2D eigenvalue weighted by Crippen LogP contribution is 2.39. The molecule has 36 heavy (non-hydrogen) atoms. The second-order valence-electron chi connectivity index (χ2n) is 19.3. The highest BCUT2D eigenvalue weighted by atomic mass is 28.3. The molecule has 0 aliphatic carbocycles. The molecule has 0 aliphatic rings. The molecule has 1 aromatic carbocycles. The molecule has 0 bridgehead atoms. The molecule has 0 aliphatic heterocycles. The van der Waals surface area contributed by atoms with Crippen molar-refractivity contribution in [3.8, 4) is 0 Å². The lowest BCUT2D eigenvalue weighted by Gasteiger charge is -2.37. The van der Waals surface area contributed by atoms with Crippen LogP contribution in [0.4, 0.5) is 0 Å². The van der Waals surface area contributed by atoms with E-state index in [1.807, 2.05) is 33.4 Å². The lowest BCUT2D eigenvalue weighted by Crippen LogP contribution is -2.38. The average Bonchev–Trinajstić information content (AvgIpc) is 2.51. The molecule has 0 heterocycles. The Morgan fingerprint density at radius 2 is 0.306 bits per heavy atom. The van der Waals surface area contributed by atoms with Gasteiger partial charge in [0.15, 0.2) is 0 Å². The number of hydrogen-bond donors (Lipinski definition) is 0. The average molecular weight is 595 g/mol. The second-order valence-corrected chi connectivity index (χ2v) is 52.1. The first-order valence-electron chi connectivity index (χ1n) is 14.7. The number of rotatable bonds is 12. The molecule has 0 atom stereocenters. The van der Waals surface area contributed by atoms with Gasteiger partial charge in [-0.2, -0.15) is 0 Å². The van der Waals surface area contributed by atoms with E-state index in [0.29, 0.717) is 0 Å². The summed E-state index contributed by atoms with van der Waals surface area (Å²) in [6, 6.07) is 8.32. The molecule has 0 fully saturated rings. The first-order chi connectivity index (χ1) is 15.6. The maximum Gasteiger partial charge on any atom is 0.0487 e. The van der Waals surface area contributed by atoms with Crippen molar-refractivity contribution in [2.75, 3.05) is 0 Å². The Balaban J connectivity index is 4.45. The highest BCUT2D eigenvalue weighted by molar-refractivity contribution is 6.78. The van der Waals surface area contributed by atoms with Crippen LogP contribution in [0.3, 0.4) is 0 Å². The van der Waals surface area contributed by atoms with Gasteiger partial charge in [0.2, 0.25) is 0 Å². The van der Waals surface area contributed by atoms with Gasteiger partial charge in [-0.15, -0.1) is 0 Å². The third-order valence-electron chi connectivity index (χ3n) is 6.43. The van der Waals surface area contributed by atoms with E-state index < -0.39 is 48.4 Å².